The molecule has 0 spiro atoms. The molecule has 10 heteroatoms. The van der Waals surface area contributed by atoms with Gasteiger partial charge in [-0.2, -0.15) is 0 Å². The first-order chi connectivity index (χ1) is 22.0. The van der Waals surface area contributed by atoms with E-state index in [1.54, 1.807) is 20.8 Å². The normalized spacial score (nSPS) is 11.3. The van der Waals surface area contributed by atoms with Gasteiger partial charge in [0.1, 0.15) is 17.8 Å². The molecule has 2 aromatic rings. The molecule has 10 nitrogen and oxygen atoms in total. The number of rotatable bonds is 21. The van der Waals surface area contributed by atoms with Crippen LogP contribution in [0.25, 0.3) is 11.0 Å². The first kappa shape index (κ1) is 38.6. The predicted octanol–water partition coefficient (Wildman–Crippen LogP) is 8.09. The molecule has 0 saturated heterocycles. The summed E-state index contributed by atoms with van der Waals surface area (Å²) in [7, 11) is 0. The zero-order valence-electron chi connectivity index (χ0n) is 28.8. The Hall–Kier alpha value is -3.56. The number of amides is 2. The van der Waals surface area contributed by atoms with Crippen LogP contribution < -0.4 is 21.4 Å². The molecule has 46 heavy (non-hydrogen) atoms. The summed E-state index contributed by atoms with van der Waals surface area (Å²) in [5.41, 5.74) is 5.33. The minimum Gasteiger partial charge on any atom is -0.461 e. The van der Waals surface area contributed by atoms with E-state index in [9.17, 15) is 19.2 Å². The SMILES string of the molecule is CCCCCCCCN(CCCCCCCC)c1ccc2c(COC(=O)CCCC(=O)NNC(=O)OC(C)(C)C)cc(=O)oc2c1. The van der Waals surface area contributed by atoms with E-state index < -0.39 is 29.2 Å². The Morgan fingerprint density at radius 3 is 2.00 bits per heavy atom. The number of ether oxygens (including phenoxy) is 2. The molecular weight excluding hydrogens is 586 g/mol. The quantitative estimate of drug-likeness (QED) is 0.0605. The largest absolute Gasteiger partial charge is 0.461 e. The maximum atomic E-state index is 12.5. The lowest BCUT2D eigenvalue weighted by molar-refractivity contribution is -0.145. The van der Waals surface area contributed by atoms with E-state index in [1.807, 2.05) is 12.1 Å². The number of hydrogen-bond donors (Lipinski definition) is 2. The average Bonchev–Trinajstić information content (AvgIpc) is 3.00. The fourth-order valence-electron chi connectivity index (χ4n) is 5.18. The van der Waals surface area contributed by atoms with Gasteiger partial charge in [0, 0.05) is 54.7 Å². The molecule has 258 valence electrons. The molecule has 0 fully saturated rings. The Bertz CT molecular complexity index is 1250. The minimum absolute atomic E-state index is 0.00915. The summed E-state index contributed by atoms with van der Waals surface area (Å²) in [4.78, 5) is 50.9. The number of esters is 1. The number of benzene rings is 1. The molecule has 2 N–H and O–H groups in total. The zero-order valence-corrected chi connectivity index (χ0v) is 28.8. The second-order valence-corrected chi connectivity index (χ2v) is 13.0. The molecule has 0 aliphatic carbocycles. The number of nitrogens with zero attached hydrogens (tertiary/aromatic N) is 1. The van der Waals surface area contributed by atoms with Gasteiger partial charge in [0.2, 0.25) is 5.91 Å². The van der Waals surface area contributed by atoms with Crippen LogP contribution in [-0.2, 0) is 25.7 Å². The lowest BCUT2D eigenvalue weighted by Gasteiger charge is -2.25. The molecule has 0 radical (unpaired) electrons. The molecule has 2 amide bonds. The third-order valence-corrected chi connectivity index (χ3v) is 7.62. The van der Waals surface area contributed by atoms with Gasteiger partial charge in [-0.25, -0.2) is 15.0 Å². The van der Waals surface area contributed by atoms with Gasteiger partial charge in [-0.3, -0.25) is 15.0 Å². The molecule has 0 aliphatic rings. The second kappa shape index (κ2) is 21.3. The van der Waals surface area contributed by atoms with Gasteiger partial charge < -0.3 is 18.8 Å². The number of carbonyl (C=O) groups is 3. The van der Waals surface area contributed by atoms with Crippen molar-refractivity contribution >= 4 is 34.6 Å². The average molecular weight is 644 g/mol. The van der Waals surface area contributed by atoms with Gasteiger partial charge in [-0.1, -0.05) is 78.1 Å². The molecule has 1 aromatic carbocycles. The molecule has 1 aromatic heterocycles. The summed E-state index contributed by atoms with van der Waals surface area (Å²) in [5, 5.41) is 0.725. The lowest BCUT2D eigenvalue weighted by Crippen LogP contribution is -2.44. The maximum Gasteiger partial charge on any atom is 0.426 e. The standard InChI is InChI=1S/C36H57N3O7/c1-6-8-10-12-14-16-23-39(24-17-15-13-11-9-7-2)29-21-22-30-28(25-34(42)45-31(30)26-29)27-44-33(41)20-18-19-32(40)37-38-35(43)46-36(3,4)5/h21-22,25-26H,6-20,23-24,27H2,1-5H3,(H,37,40)(H,38,43). The number of nitrogens with one attached hydrogen (secondary N) is 2. The van der Waals surface area contributed by atoms with E-state index in [2.05, 4.69) is 35.7 Å². The van der Waals surface area contributed by atoms with E-state index in [-0.39, 0.29) is 25.9 Å². The van der Waals surface area contributed by atoms with Crippen molar-refractivity contribution in [2.75, 3.05) is 18.0 Å². The van der Waals surface area contributed by atoms with Crippen LogP contribution >= 0.6 is 0 Å². The molecule has 0 saturated carbocycles. The van der Waals surface area contributed by atoms with E-state index >= 15 is 0 Å². The molecule has 2 rings (SSSR count). The van der Waals surface area contributed by atoms with E-state index in [0.29, 0.717) is 11.1 Å². The summed E-state index contributed by atoms with van der Waals surface area (Å²) in [6.45, 7) is 11.5. The predicted molar refractivity (Wildman–Crippen MR) is 183 cm³/mol. The highest BCUT2D eigenvalue weighted by Crippen LogP contribution is 2.26. The summed E-state index contributed by atoms with van der Waals surface area (Å²) < 4.78 is 16.1. The molecule has 0 unspecified atom stereocenters. The van der Waals surface area contributed by atoms with Gasteiger partial charge in [-0.05, 0) is 52.2 Å². The molecule has 0 atom stereocenters. The maximum absolute atomic E-state index is 12.5. The van der Waals surface area contributed by atoms with Crippen LogP contribution in [0.2, 0.25) is 0 Å². The van der Waals surface area contributed by atoms with Gasteiger partial charge in [0.15, 0.2) is 0 Å². The van der Waals surface area contributed by atoms with E-state index in [0.717, 1.165) is 37.0 Å². The van der Waals surface area contributed by atoms with Crippen molar-refractivity contribution in [2.45, 2.75) is 143 Å². The third-order valence-electron chi connectivity index (χ3n) is 7.62. The van der Waals surface area contributed by atoms with Crippen LogP contribution in [0, 0.1) is 0 Å². The molecular formula is C36H57N3O7. The fourth-order valence-corrected chi connectivity index (χ4v) is 5.18. The molecule has 0 aliphatic heterocycles. The van der Waals surface area contributed by atoms with Gasteiger partial charge in [0.25, 0.3) is 0 Å². The van der Waals surface area contributed by atoms with Crippen LogP contribution in [0.4, 0.5) is 10.5 Å². The topological polar surface area (TPSA) is 127 Å². The Balaban J connectivity index is 1.95. The van der Waals surface area contributed by atoms with Gasteiger partial charge >= 0.3 is 17.7 Å². The highest BCUT2D eigenvalue weighted by molar-refractivity contribution is 5.84. The van der Waals surface area contributed by atoms with Crippen molar-refractivity contribution < 1.29 is 28.3 Å². The summed E-state index contributed by atoms with van der Waals surface area (Å²) in [6.07, 6.45) is 14.3. The van der Waals surface area contributed by atoms with E-state index in [4.69, 9.17) is 13.9 Å². The van der Waals surface area contributed by atoms with Crippen LogP contribution in [0.1, 0.15) is 136 Å². The van der Waals surface area contributed by atoms with Crippen LogP contribution in [-0.4, -0.2) is 36.7 Å². The highest BCUT2D eigenvalue weighted by Gasteiger charge is 2.17. The number of unbranched alkanes of at least 4 members (excludes halogenated alkanes) is 10. The third kappa shape index (κ3) is 16.1. The minimum atomic E-state index is -0.768. The fraction of sp³-hybridized carbons (Fsp3) is 0.667. The number of hydrogen-bond acceptors (Lipinski definition) is 8. The highest BCUT2D eigenvalue weighted by atomic mass is 16.6. The Labute approximate surface area is 274 Å². The first-order valence-electron chi connectivity index (χ1n) is 17.3. The Kier molecular flexibility index (Phi) is 17.9. The number of fused-ring (bicyclic) bond motifs is 1. The van der Waals surface area contributed by atoms with Gasteiger partial charge in [-0.15, -0.1) is 0 Å². The summed E-state index contributed by atoms with van der Waals surface area (Å²) >= 11 is 0. The zero-order chi connectivity index (χ0) is 33.8. The van der Waals surface area contributed by atoms with Crippen LogP contribution in [0.5, 0.6) is 0 Å². The Morgan fingerprint density at radius 1 is 0.783 bits per heavy atom. The van der Waals surface area contributed by atoms with Crippen molar-refractivity contribution in [2.24, 2.45) is 0 Å². The Morgan fingerprint density at radius 2 is 1.39 bits per heavy atom. The number of anilines is 1. The number of hydrazine groups is 1. The lowest BCUT2D eigenvalue weighted by atomic mass is 10.1. The van der Waals surface area contributed by atoms with Gasteiger partial charge in [0.05, 0.1) is 0 Å². The molecule has 1 heterocycles. The second-order valence-electron chi connectivity index (χ2n) is 13.0. The molecule has 0 bridgehead atoms. The monoisotopic (exact) mass is 643 g/mol. The van der Waals surface area contributed by atoms with E-state index in [1.165, 1.54) is 70.3 Å². The van der Waals surface area contributed by atoms with Crippen molar-refractivity contribution in [3.63, 3.8) is 0 Å². The van der Waals surface area contributed by atoms with Crippen molar-refractivity contribution in [1.29, 1.82) is 0 Å². The van der Waals surface area contributed by atoms with Crippen LogP contribution in [0.3, 0.4) is 0 Å². The first-order valence-corrected chi connectivity index (χ1v) is 17.3. The number of carbonyl (C=O) groups excluding carboxylic acids is 3. The van der Waals surface area contributed by atoms with Crippen LogP contribution in [0.15, 0.2) is 33.5 Å². The summed E-state index contributed by atoms with van der Waals surface area (Å²) in [6, 6.07) is 7.29. The van der Waals surface area contributed by atoms with Crippen molar-refractivity contribution in [1.82, 2.24) is 10.9 Å². The van der Waals surface area contributed by atoms with Crippen molar-refractivity contribution in [3.05, 3.63) is 40.2 Å². The van der Waals surface area contributed by atoms with Crippen molar-refractivity contribution in [3.8, 4) is 0 Å². The smallest absolute Gasteiger partial charge is 0.426 e. The summed E-state index contributed by atoms with van der Waals surface area (Å²) in [5.74, 6) is -0.946.